The molecule has 0 aliphatic carbocycles. The molecule has 2 aromatic carbocycles. The average Bonchev–Trinajstić information content (AvgIpc) is 2.33. The number of ether oxygens (including phenoxy) is 1. The Morgan fingerprint density at radius 3 is 2.30 bits per heavy atom. The Kier molecular flexibility index (Phi) is 4.68. The Bertz CT molecular complexity index is 665. The molecule has 0 aromatic heterocycles. The van der Waals surface area contributed by atoms with Gasteiger partial charge in [-0.1, -0.05) is 23.8 Å². The van der Waals surface area contributed by atoms with E-state index in [0.29, 0.717) is 15.8 Å². The van der Waals surface area contributed by atoms with Crippen LogP contribution < -0.4 is 10.5 Å². The molecular weight excluding hydrogens is 358 g/mol. The van der Waals surface area contributed by atoms with Gasteiger partial charge in [0.1, 0.15) is 16.5 Å². The minimum Gasteiger partial charge on any atom is -0.457 e. The van der Waals surface area contributed by atoms with E-state index in [1.165, 1.54) is 0 Å². The summed E-state index contributed by atoms with van der Waals surface area (Å²) < 4.78 is 6.75. The lowest BCUT2D eigenvalue weighted by atomic mass is 10.1. The van der Waals surface area contributed by atoms with Crippen LogP contribution >= 0.6 is 39.7 Å². The molecule has 0 fully saturated rings. The lowest BCUT2D eigenvalue weighted by Gasteiger charge is -2.13. The first kappa shape index (κ1) is 15.3. The van der Waals surface area contributed by atoms with Crippen molar-refractivity contribution in [1.29, 1.82) is 0 Å². The first-order valence-corrected chi connectivity index (χ1v) is 7.50. The molecule has 0 saturated carbocycles. The van der Waals surface area contributed by atoms with Gasteiger partial charge in [0.2, 0.25) is 0 Å². The number of rotatable bonds is 3. The van der Waals surface area contributed by atoms with E-state index >= 15 is 0 Å². The van der Waals surface area contributed by atoms with E-state index < -0.39 is 0 Å². The second kappa shape index (κ2) is 6.12. The quantitative estimate of drug-likeness (QED) is 0.759. The van der Waals surface area contributed by atoms with E-state index in [1.54, 1.807) is 0 Å². The van der Waals surface area contributed by atoms with Crippen molar-refractivity contribution in [3.8, 4) is 11.5 Å². The molecule has 0 aliphatic heterocycles. The maximum atomic E-state index is 6.01. The van der Waals surface area contributed by atoms with Crippen LogP contribution in [0.5, 0.6) is 11.5 Å². The van der Waals surface area contributed by atoms with Gasteiger partial charge in [-0.05, 0) is 71.2 Å². The van der Waals surface area contributed by atoms with Gasteiger partial charge >= 0.3 is 0 Å². The van der Waals surface area contributed by atoms with Crippen molar-refractivity contribution in [2.24, 2.45) is 5.73 Å². The smallest absolute Gasteiger partial charge is 0.133 e. The van der Waals surface area contributed by atoms with Crippen molar-refractivity contribution >= 4 is 44.7 Å². The van der Waals surface area contributed by atoms with Crippen molar-refractivity contribution in [2.75, 3.05) is 0 Å². The third-order valence-electron chi connectivity index (χ3n) is 2.85. The number of thiocarbonyl (C=S) groups is 1. The Hall–Kier alpha value is -1.10. The van der Waals surface area contributed by atoms with Gasteiger partial charge in [-0.25, -0.2) is 0 Å². The molecule has 0 spiro atoms. The van der Waals surface area contributed by atoms with Crippen LogP contribution in [0, 0.1) is 13.8 Å². The SMILES string of the molecule is Cc1cc(Cl)cc(C)c1Oc1ccc(C(N)=S)c(Br)c1. The molecule has 2 aromatic rings. The van der Waals surface area contributed by atoms with Gasteiger partial charge in [0.05, 0.1) is 0 Å². The highest BCUT2D eigenvalue weighted by atomic mass is 79.9. The van der Waals surface area contributed by atoms with Crippen molar-refractivity contribution in [1.82, 2.24) is 0 Å². The highest BCUT2D eigenvalue weighted by Gasteiger charge is 2.09. The predicted molar refractivity (Wildman–Crippen MR) is 91.0 cm³/mol. The fourth-order valence-corrected chi connectivity index (χ4v) is 3.14. The number of hydrogen-bond donors (Lipinski definition) is 1. The molecule has 0 bridgehead atoms. The van der Waals surface area contributed by atoms with Crippen LogP contribution in [-0.2, 0) is 0 Å². The fraction of sp³-hybridized carbons (Fsp3) is 0.133. The second-order valence-electron chi connectivity index (χ2n) is 4.48. The first-order valence-electron chi connectivity index (χ1n) is 5.92. The van der Waals surface area contributed by atoms with Crippen LogP contribution in [0.1, 0.15) is 16.7 Å². The van der Waals surface area contributed by atoms with E-state index in [2.05, 4.69) is 15.9 Å². The van der Waals surface area contributed by atoms with Crippen LogP contribution in [0.2, 0.25) is 5.02 Å². The Balaban J connectivity index is 2.36. The maximum absolute atomic E-state index is 6.01. The topological polar surface area (TPSA) is 35.2 Å². The summed E-state index contributed by atoms with van der Waals surface area (Å²) in [5, 5.41) is 0.706. The maximum Gasteiger partial charge on any atom is 0.133 e. The predicted octanol–water partition coefficient (Wildman–Crippen LogP) is 5.15. The van der Waals surface area contributed by atoms with E-state index in [0.717, 1.165) is 26.9 Å². The Morgan fingerprint density at radius 1 is 1.20 bits per heavy atom. The highest BCUT2D eigenvalue weighted by Crippen LogP contribution is 2.33. The molecule has 2 rings (SSSR count). The average molecular weight is 371 g/mol. The summed E-state index contributed by atoms with van der Waals surface area (Å²) in [6.07, 6.45) is 0. The molecule has 0 heterocycles. The van der Waals surface area contributed by atoms with Gasteiger partial charge in [-0.2, -0.15) is 0 Å². The molecular formula is C15H13BrClNOS. The number of halogens is 2. The van der Waals surface area contributed by atoms with Crippen LogP contribution in [-0.4, -0.2) is 4.99 Å². The number of aryl methyl sites for hydroxylation is 2. The third kappa shape index (κ3) is 3.32. The van der Waals surface area contributed by atoms with Gasteiger partial charge in [-0.3, -0.25) is 0 Å². The van der Waals surface area contributed by atoms with Gasteiger partial charge in [0.25, 0.3) is 0 Å². The minimum absolute atomic E-state index is 0.349. The largest absolute Gasteiger partial charge is 0.457 e. The van der Waals surface area contributed by atoms with Gasteiger partial charge in [-0.15, -0.1) is 0 Å². The molecule has 5 heteroatoms. The summed E-state index contributed by atoms with van der Waals surface area (Å²) in [6.45, 7) is 3.93. The number of hydrogen-bond acceptors (Lipinski definition) is 2. The normalized spacial score (nSPS) is 10.4. The zero-order valence-corrected chi connectivity index (χ0v) is 14.2. The van der Waals surface area contributed by atoms with Crippen LogP contribution in [0.15, 0.2) is 34.8 Å². The molecule has 0 atom stereocenters. The van der Waals surface area contributed by atoms with Gasteiger partial charge in [0.15, 0.2) is 0 Å². The summed E-state index contributed by atoms with van der Waals surface area (Å²) >= 11 is 14.4. The highest BCUT2D eigenvalue weighted by molar-refractivity contribution is 9.10. The zero-order chi connectivity index (χ0) is 14.9. The summed E-state index contributed by atoms with van der Waals surface area (Å²) in [7, 11) is 0. The number of nitrogens with two attached hydrogens (primary N) is 1. The van der Waals surface area contributed by atoms with E-state index in [-0.39, 0.29) is 0 Å². The monoisotopic (exact) mass is 369 g/mol. The van der Waals surface area contributed by atoms with Gasteiger partial charge in [0, 0.05) is 15.1 Å². The standard InChI is InChI=1S/C15H13BrClNOS/c1-8-5-10(17)6-9(2)14(8)19-11-3-4-12(15(18)20)13(16)7-11/h3-7H,1-2H3,(H2,18,20). The lowest BCUT2D eigenvalue weighted by molar-refractivity contribution is 0.475. The number of benzene rings is 2. The summed E-state index contributed by atoms with van der Waals surface area (Å²) in [4.78, 5) is 0.349. The second-order valence-corrected chi connectivity index (χ2v) is 6.21. The van der Waals surface area contributed by atoms with E-state index in [4.69, 9.17) is 34.3 Å². The van der Waals surface area contributed by atoms with Crippen LogP contribution in [0.25, 0.3) is 0 Å². The van der Waals surface area contributed by atoms with Crippen LogP contribution in [0.4, 0.5) is 0 Å². The minimum atomic E-state index is 0.349. The molecule has 20 heavy (non-hydrogen) atoms. The molecule has 0 unspecified atom stereocenters. The van der Waals surface area contributed by atoms with Crippen LogP contribution in [0.3, 0.4) is 0 Å². The fourth-order valence-electron chi connectivity index (χ4n) is 1.94. The van der Waals surface area contributed by atoms with Gasteiger partial charge < -0.3 is 10.5 Å². The van der Waals surface area contributed by atoms with Crippen molar-refractivity contribution in [3.63, 3.8) is 0 Å². The third-order valence-corrected chi connectivity index (χ3v) is 3.95. The summed E-state index contributed by atoms with van der Waals surface area (Å²) in [5.74, 6) is 1.52. The Labute approximate surface area is 137 Å². The summed E-state index contributed by atoms with van der Waals surface area (Å²) in [6, 6.07) is 9.28. The molecule has 0 amide bonds. The van der Waals surface area contributed by atoms with E-state index in [9.17, 15) is 0 Å². The first-order chi connectivity index (χ1) is 9.38. The van der Waals surface area contributed by atoms with E-state index in [1.807, 2.05) is 44.2 Å². The molecule has 2 N–H and O–H groups in total. The van der Waals surface area contributed by atoms with Crippen molar-refractivity contribution < 1.29 is 4.74 Å². The molecule has 0 aliphatic rings. The molecule has 104 valence electrons. The lowest BCUT2D eigenvalue weighted by Crippen LogP contribution is -2.09. The molecule has 0 radical (unpaired) electrons. The molecule has 0 saturated heterocycles. The van der Waals surface area contributed by atoms with Crippen molar-refractivity contribution in [3.05, 3.63) is 56.5 Å². The molecule has 2 nitrogen and oxygen atoms in total. The zero-order valence-electron chi connectivity index (χ0n) is 11.0. The summed E-state index contributed by atoms with van der Waals surface area (Å²) in [5.41, 5.74) is 8.40. The van der Waals surface area contributed by atoms with Crippen molar-refractivity contribution in [2.45, 2.75) is 13.8 Å². The Morgan fingerprint density at radius 2 is 1.80 bits per heavy atom.